The Labute approximate surface area is 112 Å². The molecule has 1 aromatic carbocycles. The number of benzene rings is 1. The highest BCUT2D eigenvalue weighted by atomic mass is 16.6. The van der Waals surface area contributed by atoms with Gasteiger partial charge in [-0.2, -0.15) is 0 Å². The summed E-state index contributed by atoms with van der Waals surface area (Å²) in [7, 11) is 0. The zero-order chi connectivity index (χ0) is 13.8. The summed E-state index contributed by atoms with van der Waals surface area (Å²) in [6.45, 7) is 1.49. The van der Waals surface area contributed by atoms with Crippen LogP contribution in [0, 0.1) is 0 Å². The van der Waals surface area contributed by atoms with E-state index in [0.717, 1.165) is 12.8 Å². The van der Waals surface area contributed by atoms with E-state index in [9.17, 15) is 9.59 Å². The van der Waals surface area contributed by atoms with Gasteiger partial charge in [-0.3, -0.25) is 4.79 Å². The molecule has 0 saturated carbocycles. The third-order valence-electron chi connectivity index (χ3n) is 3.21. The SMILES string of the molecule is C[C@H](N)C(=O)OC(=O)CNC1CCc2ccccc21. The zero-order valence-electron chi connectivity index (χ0n) is 10.9. The van der Waals surface area contributed by atoms with E-state index in [1.165, 1.54) is 18.1 Å². The number of nitrogens with two attached hydrogens (primary N) is 1. The molecule has 2 rings (SSSR count). The van der Waals surface area contributed by atoms with Gasteiger partial charge in [0.25, 0.3) is 0 Å². The molecule has 2 atom stereocenters. The Hall–Kier alpha value is -1.72. The van der Waals surface area contributed by atoms with Gasteiger partial charge < -0.3 is 15.8 Å². The average Bonchev–Trinajstić information content (AvgIpc) is 2.79. The number of hydrogen-bond donors (Lipinski definition) is 2. The third-order valence-corrected chi connectivity index (χ3v) is 3.21. The quantitative estimate of drug-likeness (QED) is 0.616. The Bertz CT molecular complexity index is 485. The van der Waals surface area contributed by atoms with Gasteiger partial charge in [0.05, 0.1) is 6.54 Å². The normalized spacial score (nSPS) is 18.7. The van der Waals surface area contributed by atoms with Crippen LogP contribution in [0.4, 0.5) is 0 Å². The van der Waals surface area contributed by atoms with Gasteiger partial charge in [-0.25, -0.2) is 4.79 Å². The molecule has 0 saturated heterocycles. The number of fused-ring (bicyclic) bond motifs is 1. The summed E-state index contributed by atoms with van der Waals surface area (Å²) in [5.74, 6) is -1.29. The standard InChI is InChI=1S/C14H18N2O3/c1-9(15)14(18)19-13(17)8-16-12-7-6-10-4-2-3-5-11(10)12/h2-5,9,12,16H,6-8,15H2,1H3/t9-,12?/m0/s1. The van der Waals surface area contributed by atoms with Crippen molar-refractivity contribution in [2.75, 3.05) is 6.54 Å². The fourth-order valence-corrected chi connectivity index (χ4v) is 2.22. The van der Waals surface area contributed by atoms with Crippen LogP contribution in [0.25, 0.3) is 0 Å². The molecule has 0 spiro atoms. The van der Waals surface area contributed by atoms with E-state index in [-0.39, 0.29) is 12.6 Å². The summed E-state index contributed by atoms with van der Waals surface area (Å²) in [5.41, 5.74) is 7.84. The Morgan fingerprint density at radius 2 is 2.21 bits per heavy atom. The number of aryl methyl sites for hydroxylation is 1. The molecule has 5 heteroatoms. The number of esters is 2. The van der Waals surface area contributed by atoms with Crippen molar-refractivity contribution < 1.29 is 14.3 Å². The lowest BCUT2D eigenvalue weighted by molar-refractivity contribution is -0.159. The van der Waals surface area contributed by atoms with Gasteiger partial charge in [-0.05, 0) is 30.9 Å². The lowest BCUT2D eigenvalue weighted by Gasteiger charge is -2.13. The van der Waals surface area contributed by atoms with Crippen molar-refractivity contribution in [3.05, 3.63) is 35.4 Å². The molecule has 5 nitrogen and oxygen atoms in total. The van der Waals surface area contributed by atoms with Crippen LogP contribution in [0.15, 0.2) is 24.3 Å². The molecule has 1 unspecified atom stereocenters. The molecule has 3 N–H and O–H groups in total. The van der Waals surface area contributed by atoms with Crippen molar-refractivity contribution in [2.24, 2.45) is 5.73 Å². The van der Waals surface area contributed by atoms with Crippen LogP contribution in [-0.2, 0) is 20.7 Å². The molecule has 0 aliphatic heterocycles. The maximum atomic E-state index is 11.5. The van der Waals surface area contributed by atoms with E-state index in [1.54, 1.807) is 0 Å². The predicted octanol–water partition coefficient (Wildman–Crippen LogP) is 0.681. The maximum absolute atomic E-state index is 11.5. The summed E-state index contributed by atoms with van der Waals surface area (Å²) in [4.78, 5) is 22.6. The van der Waals surface area contributed by atoms with Crippen LogP contribution in [-0.4, -0.2) is 24.5 Å². The van der Waals surface area contributed by atoms with Crippen LogP contribution in [0.2, 0.25) is 0 Å². The monoisotopic (exact) mass is 262 g/mol. The van der Waals surface area contributed by atoms with Gasteiger partial charge in [-0.15, -0.1) is 0 Å². The molecule has 1 aliphatic rings. The number of ether oxygens (including phenoxy) is 1. The minimum absolute atomic E-state index is 0.0114. The molecule has 0 aromatic heterocycles. The lowest BCUT2D eigenvalue weighted by atomic mass is 10.1. The van der Waals surface area contributed by atoms with Crippen molar-refractivity contribution in [3.63, 3.8) is 0 Å². The van der Waals surface area contributed by atoms with Crippen LogP contribution < -0.4 is 11.1 Å². The highest BCUT2D eigenvalue weighted by Crippen LogP contribution is 2.30. The second kappa shape index (κ2) is 5.95. The number of nitrogens with one attached hydrogen (secondary N) is 1. The Balaban J connectivity index is 1.84. The Morgan fingerprint density at radius 3 is 2.95 bits per heavy atom. The molecule has 19 heavy (non-hydrogen) atoms. The number of carbonyl (C=O) groups is 2. The minimum Gasteiger partial charge on any atom is -0.391 e. The average molecular weight is 262 g/mol. The highest BCUT2D eigenvalue weighted by molar-refractivity contribution is 5.88. The molecule has 0 amide bonds. The first-order chi connectivity index (χ1) is 9.08. The Morgan fingerprint density at radius 1 is 1.47 bits per heavy atom. The smallest absolute Gasteiger partial charge is 0.330 e. The molecule has 0 fully saturated rings. The molecule has 0 heterocycles. The van der Waals surface area contributed by atoms with Crippen molar-refractivity contribution in [2.45, 2.75) is 31.8 Å². The lowest BCUT2D eigenvalue weighted by Crippen LogP contribution is -2.34. The first kappa shape index (κ1) is 13.7. The van der Waals surface area contributed by atoms with E-state index in [1.807, 2.05) is 12.1 Å². The number of carbonyl (C=O) groups excluding carboxylic acids is 2. The summed E-state index contributed by atoms with van der Waals surface area (Å²) in [6, 6.07) is 7.51. The molecule has 1 aromatic rings. The minimum atomic E-state index is -0.781. The van der Waals surface area contributed by atoms with Gasteiger partial charge >= 0.3 is 11.9 Å². The van der Waals surface area contributed by atoms with Crippen molar-refractivity contribution >= 4 is 11.9 Å². The molecule has 102 valence electrons. The maximum Gasteiger partial charge on any atom is 0.330 e. The second-order valence-corrected chi connectivity index (χ2v) is 4.75. The molecular formula is C14H18N2O3. The van der Waals surface area contributed by atoms with Crippen molar-refractivity contribution in [1.29, 1.82) is 0 Å². The van der Waals surface area contributed by atoms with Crippen LogP contribution >= 0.6 is 0 Å². The number of hydrogen-bond acceptors (Lipinski definition) is 5. The van der Waals surface area contributed by atoms with Crippen molar-refractivity contribution in [3.8, 4) is 0 Å². The van der Waals surface area contributed by atoms with Crippen LogP contribution in [0.3, 0.4) is 0 Å². The van der Waals surface area contributed by atoms with Gasteiger partial charge in [0, 0.05) is 6.04 Å². The molecular weight excluding hydrogens is 244 g/mol. The summed E-state index contributed by atoms with van der Waals surface area (Å²) < 4.78 is 4.59. The Kier molecular flexibility index (Phi) is 4.29. The van der Waals surface area contributed by atoms with E-state index >= 15 is 0 Å². The third kappa shape index (κ3) is 3.39. The summed E-state index contributed by atoms with van der Waals surface area (Å²) >= 11 is 0. The molecule has 1 aliphatic carbocycles. The van der Waals surface area contributed by atoms with E-state index in [0.29, 0.717) is 0 Å². The van der Waals surface area contributed by atoms with Gasteiger partial charge in [0.15, 0.2) is 0 Å². The molecule has 0 radical (unpaired) electrons. The summed E-state index contributed by atoms with van der Waals surface area (Å²) in [6.07, 6.45) is 1.95. The first-order valence-electron chi connectivity index (χ1n) is 6.39. The predicted molar refractivity (Wildman–Crippen MR) is 70.3 cm³/mol. The van der Waals surface area contributed by atoms with Crippen LogP contribution in [0.5, 0.6) is 0 Å². The zero-order valence-corrected chi connectivity index (χ0v) is 10.9. The highest BCUT2D eigenvalue weighted by Gasteiger charge is 2.23. The fraction of sp³-hybridized carbons (Fsp3) is 0.429. The van der Waals surface area contributed by atoms with E-state index in [2.05, 4.69) is 22.2 Å². The fourth-order valence-electron chi connectivity index (χ4n) is 2.22. The van der Waals surface area contributed by atoms with Gasteiger partial charge in [-0.1, -0.05) is 24.3 Å². The first-order valence-corrected chi connectivity index (χ1v) is 6.39. The van der Waals surface area contributed by atoms with E-state index in [4.69, 9.17) is 5.73 Å². The van der Waals surface area contributed by atoms with Crippen molar-refractivity contribution in [1.82, 2.24) is 5.32 Å². The van der Waals surface area contributed by atoms with Gasteiger partial charge in [0.1, 0.15) is 6.04 Å². The van der Waals surface area contributed by atoms with Gasteiger partial charge in [0.2, 0.25) is 0 Å². The summed E-state index contributed by atoms with van der Waals surface area (Å²) in [5, 5.41) is 3.11. The largest absolute Gasteiger partial charge is 0.391 e. The second-order valence-electron chi connectivity index (χ2n) is 4.75. The van der Waals surface area contributed by atoms with Crippen LogP contribution in [0.1, 0.15) is 30.5 Å². The number of rotatable bonds is 4. The molecule has 0 bridgehead atoms. The van der Waals surface area contributed by atoms with E-state index < -0.39 is 18.0 Å². The topological polar surface area (TPSA) is 81.4 Å².